The van der Waals surface area contributed by atoms with E-state index in [1.165, 1.54) is 0 Å². The molecule has 148 valence electrons. The van der Waals surface area contributed by atoms with Gasteiger partial charge in [-0.05, 0) is 51.3 Å². The van der Waals surface area contributed by atoms with Gasteiger partial charge in [-0.25, -0.2) is 18.1 Å². The highest BCUT2D eigenvalue weighted by Crippen LogP contribution is 2.14. The van der Waals surface area contributed by atoms with E-state index in [1.807, 2.05) is 20.8 Å². The van der Waals surface area contributed by atoms with Crippen molar-refractivity contribution < 1.29 is 13.2 Å². The molecule has 4 N–H and O–H groups in total. The Kier molecular flexibility index (Phi) is 8.77. The van der Waals surface area contributed by atoms with Crippen molar-refractivity contribution in [2.45, 2.75) is 56.7 Å². The third-order valence-electron chi connectivity index (χ3n) is 3.69. The summed E-state index contributed by atoms with van der Waals surface area (Å²) in [6, 6.07) is 6.65. The van der Waals surface area contributed by atoms with Crippen molar-refractivity contribution >= 4 is 40.0 Å². The second-order valence-electron chi connectivity index (χ2n) is 7.21. The zero-order chi connectivity index (χ0) is 18.5. The van der Waals surface area contributed by atoms with Crippen molar-refractivity contribution in [3.05, 3.63) is 29.8 Å². The van der Waals surface area contributed by atoms with E-state index < -0.39 is 10.0 Å². The van der Waals surface area contributed by atoms with Crippen LogP contribution in [0.25, 0.3) is 0 Å². The third kappa shape index (κ3) is 7.77. The van der Waals surface area contributed by atoms with Gasteiger partial charge in [0.15, 0.2) is 5.96 Å². The molecule has 0 aromatic heterocycles. The number of nitrogens with one attached hydrogen (secondary N) is 2. The first kappa shape index (κ1) is 23.1. The summed E-state index contributed by atoms with van der Waals surface area (Å²) >= 11 is 0. The van der Waals surface area contributed by atoms with E-state index in [9.17, 15) is 8.42 Å². The van der Waals surface area contributed by atoms with Crippen LogP contribution in [0.2, 0.25) is 0 Å². The lowest BCUT2D eigenvalue weighted by Gasteiger charge is -2.21. The van der Waals surface area contributed by atoms with Crippen molar-refractivity contribution in [1.82, 2.24) is 10.0 Å². The maximum Gasteiger partial charge on any atom is 0.240 e. The lowest BCUT2D eigenvalue weighted by atomic mass is 10.1. The van der Waals surface area contributed by atoms with Crippen molar-refractivity contribution in [2.24, 2.45) is 10.7 Å². The van der Waals surface area contributed by atoms with Crippen LogP contribution in [0.4, 0.5) is 0 Å². The SMILES string of the molecule is CC(C)(C)NC(N)=NCc1ccc(S(=O)(=O)NCC2CCCO2)cc1.I. The average Bonchev–Trinajstić information content (AvgIpc) is 3.03. The lowest BCUT2D eigenvalue weighted by Crippen LogP contribution is -2.44. The van der Waals surface area contributed by atoms with Crippen LogP contribution in [0.1, 0.15) is 39.2 Å². The second kappa shape index (κ2) is 9.86. The molecule has 1 aliphatic heterocycles. The Bertz CT molecular complexity index is 694. The van der Waals surface area contributed by atoms with Gasteiger partial charge >= 0.3 is 0 Å². The van der Waals surface area contributed by atoms with Gasteiger partial charge in [-0.3, -0.25) is 0 Å². The summed E-state index contributed by atoms with van der Waals surface area (Å²) in [4.78, 5) is 4.50. The first-order valence-electron chi connectivity index (χ1n) is 8.44. The average molecular weight is 496 g/mol. The van der Waals surface area contributed by atoms with Crippen LogP contribution in [0.5, 0.6) is 0 Å². The van der Waals surface area contributed by atoms with Gasteiger partial charge in [-0.2, -0.15) is 0 Å². The number of ether oxygens (including phenoxy) is 1. The van der Waals surface area contributed by atoms with E-state index in [0.717, 1.165) is 18.4 Å². The van der Waals surface area contributed by atoms with E-state index in [0.29, 0.717) is 25.7 Å². The van der Waals surface area contributed by atoms with Gasteiger partial charge in [-0.15, -0.1) is 24.0 Å². The smallest absolute Gasteiger partial charge is 0.240 e. The molecule has 1 heterocycles. The van der Waals surface area contributed by atoms with Crippen molar-refractivity contribution in [3.63, 3.8) is 0 Å². The molecule has 1 fully saturated rings. The molecule has 1 aliphatic rings. The predicted molar refractivity (Wildman–Crippen MR) is 114 cm³/mol. The highest BCUT2D eigenvalue weighted by molar-refractivity contribution is 14.0. The topological polar surface area (TPSA) is 106 Å². The molecule has 7 nitrogen and oxygen atoms in total. The van der Waals surface area contributed by atoms with E-state index in [1.54, 1.807) is 24.3 Å². The molecular weight excluding hydrogens is 467 g/mol. The number of rotatable bonds is 6. The number of aliphatic imine (C=N–C) groups is 1. The standard InChI is InChI=1S/C17H28N4O3S.HI/c1-17(2,3)21-16(18)19-11-13-6-8-15(9-7-13)25(22,23)20-12-14-5-4-10-24-14;/h6-9,14,20H,4-5,10-12H2,1-3H3,(H3,18,19,21);1H. The molecule has 2 rings (SSSR count). The molecule has 0 spiro atoms. The van der Waals surface area contributed by atoms with Crippen LogP contribution in [0.15, 0.2) is 34.2 Å². The molecule has 1 saturated heterocycles. The Hall–Kier alpha value is -0.910. The summed E-state index contributed by atoms with van der Waals surface area (Å²) in [6.07, 6.45) is 1.85. The van der Waals surface area contributed by atoms with Crippen molar-refractivity contribution in [2.75, 3.05) is 13.2 Å². The van der Waals surface area contributed by atoms with Gasteiger partial charge < -0.3 is 15.8 Å². The van der Waals surface area contributed by atoms with Crippen LogP contribution in [0.3, 0.4) is 0 Å². The predicted octanol–water partition coefficient (Wildman–Crippen LogP) is 1.96. The third-order valence-corrected chi connectivity index (χ3v) is 5.13. The van der Waals surface area contributed by atoms with Gasteiger partial charge in [-0.1, -0.05) is 12.1 Å². The Morgan fingerprint density at radius 2 is 1.96 bits per heavy atom. The minimum atomic E-state index is -3.52. The maximum atomic E-state index is 12.3. The van der Waals surface area contributed by atoms with Crippen LogP contribution in [0, 0.1) is 0 Å². The van der Waals surface area contributed by atoms with Gasteiger partial charge in [0.05, 0.1) is 17.5 Å². The number of nitrogens with zero attached hydrogens (tertiary/aromatic N) is 1. The first-order chi connectivity index (χ1) is 11.7. The summed E-state index contributed by atoms with van der Waals surface area (Å²) < 4.78 is 32.6. The Labute approximate surface area is 173 Å². The summed E-state index contributed by atoms with van der Waals surface area (Å²) in [5, 5.41) is 3.08. The second-order valence-corrected chi connectivity index (χ2v) is 8.97. The Morgan fingerprint density at radius 1 is 1.31 bits per heavy atom. The number of hydrogen-bond acceptors (Lipinski definition) is 4. The van der Waals surface area contributed by atoms with Gasteiger partial charge in [0.2, 0.25) is 10.0 Å². The molecule has 0 radical (unpaired) electrons. The van der Waals surface area contributed by atoms with Gasteiger partial charge in [0, 0.05) is 18.7 Å². The minimum Gasteiger partial charge on any atom is -0.377 e. The summed E-state index contributed by atoms with van der Waals surface area (Å²) in [5.41, 5.74) is 6.56. The zero-order valence-electron chi connectivity index (χ0n) is 15.5. The Balaban J connectivity index is 0.00000338. The molecule has 1 atom stereocenters. The lowest BCUT2D eigenvalue weighted by molar-refractivity contribution is 0.114. The quantitative estimate of drug-likeness (QED) is 0.317. The van der Waals surface area contributed by atoms with E-state index >= 15 is 0 Å². The summed E-state index contributed by atoms with van der Waals surface area (Å²) in [6.45, 7) is 7.40. The fourth-order valence-electron chi connectivity index (χ4n) is 2.47. The molecular formula is C17H29IN4O3S. The number of hydrogen-bond donors (Lipinski definition) is 3. The molecule has 0 amide bonds. The van der Waals surface area contributed by atoms with Crippen molar-refractivity contribution in [1.29, 1.82) is 0 Å². The molecule has 26 heavy (non-hydrogen) atoms. The molecule has 1 aromatic rings. The molecule has 0 aliphatic carbocycles. The van der Waals surface area contributed by atoms with E-state index in [2.05, 4.69) is 15.0 Å². The highest BCUT2D eigenvalue weighted by Gasteiger charge is 2.20. The molecule has 1 unspecified atom stereocenters. The normalized spacial score (nSPS) is 18.4. The fraction of sp³-hybridized carbons (Fsp3) is 0.588. The first-order valence-corrected chi connectivity index (χ1v) is 9.92. The largest absolute Gasteiger partial charge is 0.377 e. The van der Waals surface area contributed by atoms with Gasteiger partial charge in [0.1, 0.15) is 0 Å². The number of benzene rings is 1. The number of guanidine groups is 1. The minimum absolute atomic E-state index is 0. The van der Waals surface area contributed by atoms with E-state index in [4.69, 9.17) is 10.5 Å². The van der Waals surface area contributed by atoms with Crippen LogP contribution < -0.4 is 15.8 Å². The molecule has 0 saturated carbocycles. The molecule has 0 bridgehead atoms. The van der Waals surface area contributed by atoms with Crippen LogP contribution in [-0.2, 0) is 21.3 Å². The fourth-order valence-corrected chi connectivity index (χ4v) is 3.53. The molecule has 9 heteroatoms. The van der Waals surface area contributed by atoms with Crippen LogP contribution >= 0.6 is 24.0 Å². The zero-order valence-corrected chi connectivity index (χ0v) is 18.6. The van der Waals surface area contributed by atoms with Crippen LogP contribution in [-0.4, -0.2) is 39.2 Å². The summed E-state index contributed by atoms with van der Waals surface area (Å²) in [7, 11) is -3.52. The highest BCUT2D eigenvalue weighted by atomic mass is 127. The monoisotopic (exact) mass is 496 g/mol. The number of sulfonamides is 1. The number of nitrogens with two attached hydrogens (primary N) is 1. The van der Waals surface area contributed by atoms with Gasteiger partial charge in [0.25, 0.3) is 0 Å². The maximum absolute atomic E-state index is 12.3. The summed E-state index contributed by atoms with van der Waals surface area (Å²) in [5.74, 6) is 0.363. The van der Waals surface area contributed by atoms with Crippen molar-refractivity contribution in [3.8, 4) is 0 Å². The molecule has 1 aromatic carbocycles. The Morgan fingerprint density at radius 3 is 2.50 bits per heavy atom. The number of halogens is 1. The van der Waals surface area contributed by atoms with E-state index in [-0.39, 0.29) is 40.5 Å².